The highest BCUT2D eigenvalue weighted by Crippen LogP contribution is 2.22. The summed E-state index contributed by atoms with van der Waals surface area (Å²) in [5.74, 6) is -3.46. The molecule has 1 unspecified atom stereocenters. The Morgan fingerprint density at radius 2 is 1.79 bits per heavy atom. The van der Waals surface area contributed by atoms with Crippen molar-refractivity contribution in [3.05, 3.63) is 33.4 Å². The van der Waals surface area contributed by atoms with Gasteiger partial charge in [0.15, 0.2) is 0 Å². The van der Waals surface area contributed by atoms with E-state index >= 15 is 0 Å². The topological polar surface area (TPSA) is 66.4 Å². The first-order valence-electron chi connectivity index (χ1n) is 5.05. The minimum absolute atomic E-state index is 0.306. The van der Waals surface area contributed by atoms with Crippen LogP contribution in [0.3, 0.4) is 0 Å². The first-order valence-corrected chi connectivity index (χ1v) is 6.13. The lowest BCUT2D eigenvalue weighted by molar-refractivity contribution is -0.174. The molecule has 1 aromatic rings. The Hall–Kier alpha value is -1.32. The lowest BCUT2D eigenvalue weighted by Gasteiger charge is -2.18. The number of carbonyl (C=O) groups is 2. The molecule has 104 valence electrons. The number of amides is 1. The molecule has 0 aliphatic rings. The van der Waals surface area contributed by atoms with Crippen molar-refractivity contribution in [1.82, 2.24) is 5.32 Å². The molecule has 1 rings (SSSR count). The maximum absolute atomic E-state index is 12.2. The maximum Gasteiger partial charge on any atom is 0.471 e. The Bertz CT molecular complexity index is 473. The molecule has 2 N–H and O–H groups in total. The number of rotatable bonds is 4. The first-order chi connectivity index (χ1) is 8.70. The highest BCUT2D eigenvalue weighted by Gasteiger charge is 2.40. The van der Waals surface area contributed by atoms with Crippen LogP contribution in [0.2, 0.25) is 0 Å². The number of nitrogens with one attached hydrogen (secondary N) is 1. The molecular formula is C11H9F3INO3. The molecule has 0 heterocycles. The van der Waals surface area contributed by atoms with E-state index in [0.29, 0.717) is 5.56 Å². The summed E-state index contributed by atoms with van der Waals surface area (Å²) in [5, 5.41) is 10.4. The third-order valence-corrected chi connectivity index (χ3v) is 2.93. The van der Waals surface area contributed by atoms with Crippen LogP contribution in [-0.2, 0) is 9.59 Å². The van der Waals surface area contributed by atoms with Crippen molar-refractivity contribution < 1.29 is 27.9 Å². The number of hydrogen-bond acceptors (Lipinski definition) is 2. The van der Waals surface area contributed by atoms with Gasteiger partial charge in [-0.2, -0.15) is 13.2 Å². The zero-order valence-electron chi connectivity index (χ0n) is 9.37. The number of carboxylic acids is 1. The van der Waals surface area contributed by atoms with E-state index in [4.69, 9.17) is 5.11 Å². The summed E-state index contributed by atoms with van der Waals surface area (Å²) >= 11 is 2.00. The van der Waals surface area contributed by atoms with Crippen LogP contribution in [-0.4, -0.2) is 23.2 Å². The molecule has 8 heteroatoms. The van der Waals surface area contributed by atoms with Crippen LogP contribution in [0.15, 0.2) is 24.3 Å². The minimum Gasteiger partial charge on any atom is -0.481 e. The van der Waals surface area contributed by atoms with E-state index in [1.165, 1.54) is 12.1 Å². The van der Waals surface area contributed by atoms with E-state index in [2.05, 4.69) is 0 Å². The van der Waals surface area contributed by atoms with Crippen LogP contribution in [0, 0.1) is 3.57 Å². The SMILES string of the molecule is O=C(O)CC(NC(=O)C(F)(F)F)c1ccc(I)cc1. The standard InChI is InChI=1S/C11H9F3INO3/c12-11(13,14)10(19)16-8(5-9(17)18)6-1-3-7(15)4-2-6/h1-4,8H,5H2,(H,16,19)(H,17,18). The van der Waals surface area contributed by atoms with Crippen LogP contribution in [0.4, 0.5) is 13.2 Å². The Labute approximate surface area is 120 Å². The number of hydrogen-bond donors (Lipinski definition) is 2. The molecule has 0 bridgehead atoms. The number of alkyl halides is 3. The zero-order chi connectivity index (χ0) is 14.6. The van der Waals surface area contributed by atoms with Crippen LogP contribution in [0.25, 0.3) is 0 Å². The maximum atomic E-state index is 12.2. The molecule has 1 amide bonds. The molecule has 0 aliphatic carbocycles. The van der Waals surface area contributed by atoms with Gasteiger partial charge in [-0.15, -0.1) is 0 Å². The Morgan fingerprint density at radius 3 is 2.21 bits per heavy atom. The highest BCUT2D eigenvalue weighted by molar-refractivity contribution is 14.1. The fourth-order valence-corrected chi connectivity index (χ4v) is 1.72. The summed E-state index contributed by atoms with van der Waals surface area (Å²) in [6.45, 7) is 0. The lowest BCUT2D eigenvalue weighted by Crippen LogP contribution is -2.39. The van der Waals surface area contributed by atoms with Crippen molar-refractivity contribution in [2.45, 2.75) is 18.6 Å². The molecule has 0 fully saturated rings. The average Bonchev–Trinajstić information content (AvgIpc) is 2.27. The number of aliphatic carboxylic acids is 1. The fourth-order valence-electron chi connectivity index (χ4n) is 1.36. The van der Waals surface area contributed by atoms with Gasteiger partial charge in [0.2, 0.25) is 0 Å². The molecule has 0 aromatic heterocycles. The smallest absolute Gasteiger partial charge is 0.471 e. The van der Waals surface area contributed by atoms with Gasteiger partial charge in [-0.05, 0) is 40.3 Å². The van der Waals surface area contributed by atoms with Crippen LogP contribution in [0.1, 0.15) is 18.0 Å². The van der Waals surface area contributed by atoms with Crippen molar-refractivity contribution in [3.8, 4) is 0 Å². The highest BCUT2D eigenvalue weighted by atomic mass is 127. The Kier molecular flexibility index (Phi) is 5.15. The molecule has 19 heavy (non-hydrogen) atoms. The lowest BCUT2D eigenvalue weighted by atomic mass is 10.0. The van der Waals surface area contributed by atoms with Gasteiger partial charge in [0.25, 0.3) is 0 Å². The Balaban J connectivity index is 2.92. The largest absolute Gasteiger partial charge is 0.481 e. The predicted octanol–water partition coefficient (Wildman–Crippen LogP) is 2.49. The Morgan fingerprint density at radius 1 is 1.26 bits per heavy atom. The van der Waals surface area contributed by atoms with Crippen molar-refractivity contribution in [1.29, 1.82) is 0 Å². The van der Waals surface area contributed by atoms with Gasteiger partial charge in [-0.1, -0.05) is 12.1 Å². The van der Waals surface area contributed by atoms with Gasteiger partial charge >= 0.3 is 18.1 Å². The summed E-state index contributed by atoms with van der Waals surface area (Å²) in [4.78, 5) is 21.5. The zero-order valence-corrected chi connectivity index (χ0v) is 11.5. The molecule has 1 aromatic carbocycles. The normalized spacial score (nSPS) is 12.8. The molecule has 0 saturated carbocycles. The molecule has 1 atom stereocenters. The van der Waals surface area contributed by atoms with E-state index in [1.807, 2.05) is 22.6 Å². The molecule has 4 nitrogen and oxygen atoms in total. The molecule has 0 saturated heterocycles. The van der Waals surface area contributed by atoms with E-state index in [0.717, 1.165) is 3.57 Å². The number of carbonyl (C=O) groups excluding carboxylic acids is 1. The van der Waals surface area contributed by atoms with Crippen molar-refractivity contribution in [2.24, 2.45) is 0 Å². The summed E-state index contributed by atoms with van der Waals surface area (Å²) in [7, 11) is 0. The van der Waals surface area contributed by atoms with Gasteiger partial charge in [0.1, 0.15) is 0 Å². The van der Waals surface area contributed by atoms with Gasteiger partial charge < -0.3 is 10.4 Å². The second kappa shape index (κ2) is 6.22. The predicted molar refractivity (Wildman–Crippen MR) is 68.4 cm³/mol. The van der Waals surface area contributed by atoms with Crippen molar-refractivity contribution in [2.75, 3.05) is 0 Å². The van der Waals surface area contributed by atoms with Gasteiger partial charge in [-0.3, -0.25) is 9.59 Å². The van der Waals surface area contributed by atoms with E-state index in [1.54, 1.807) is 17.4 Å². The number of halogens is 4. The summed E-state index contributed by atoms with van der Waals surface area (Å²) in [5.41, 5.74) is 0.306. The third-order valence-electron chi connectivity index (χ3n) is 2.21. The molecule has 0 radical (unpaired) electrons. The summed E-state index contributed by atoms with van der Waals surface area (Å²) in [6, 6.07) is 4.97. The van der Waals surface area contributed by atoms with Gasteiger partial charge in [0.05, 0.1) is 12.5 Å². The van der Waals surface area contributed by atoms with Crippen molar-refractivity contribution in [3.63, 3.8) is 0 Å². The van der Waals surface area contributed by atoms with Crippen LogP contribution in [0.5, 0.6) is 0 Å². The first kappa shape index (κ1) is 15.7. The average molecular weight is 387 g/mol. The fraction of sp³-hybridized carbons (Fsp3) is 0.273. The minimum atomic E-state index is -5.04. The second-order valence-electron chi connectivity index (χ2n) is 3.67. The van der Waals surface area contributed by atoms with Crippen molar-refractivity contribution >= 4 is 34.5 Å². The monoisotopic (exact) mass is 387 g/mol. The van der Waals surface area contributed by atoms with E-state index in [-0.39, 0.29) is 0 Å². The quantitative estimate of drug-likeness (QED) is 0.781. The van der Waals surface area contributed by atoms with E-state index < -0.39 is 30.5 Å². The number of benzene rings is 1. The summed E-state index contributed by atoms with van der Waals surface area (Å²) < 4.78 is 37.3. The van der Waals surface area contributed by atoms with Gasteiger partial charge in [0, 0.05) is 3.57 Å². The third kappa shape index (κ3) is 5.05. The van der Waals surface area contributed by atoms with Crippen LogP contribution >= 0.6 is 22.6 Å². The molecule has 0 aliphatic heterocycles. The summed E-state index contributed by atoms with van der Waals surface area (Å²) in [6.07, 6.45) is -5.66. The molecule has 0 spiro atoms. The van der Waals surface area contributed by atoms with Gasteiger partial charge in [-0.25, -0.2) is 0 Å². The molecular weight excluding hydrogens is 378 g/mol. The number of carboxylic acid groups (broad SMARTS) is 1. The second-order valence-corrected chi connectivity index (χ2v) is 4.92. The van der Waals surface area contributed by atoms with E-state index in [9.17, 15) is 22.8 Å². The van der Waals surface area contributed by atoms with Crippen LogP contribution < -0.4 is 5.32 Å².